The standard InChI is InChI=1S/C23H21NO3S/c1-16(23(26)24-20-10-6-7-11-21(20)28-2)27-19-14-12-18(13-15-19)22(25)17-8-4-3-5-9-17/h3-16H,1-2H3,(H,24,26). The van der Waals surface area contributed by atoms with Gasteiger partial charge in [-0.15, -0.1) is 11.8 Å². The Labute approximate surface area is 168 Å². The van der Waals surface area contributed by atoms with Gasteiger partial charge in [0.2, 0.25) is 0 Å². The lowest BCUT2D eigenvalue weighted by atomic mass is 10.0. The molecule has 1 N–H and O–H groups in total. The van der Waals surface area contributed by atoms with E-state index in [-0.39, 0.29) is 11.7 Å². The van der Waals surface area contributed by atoms with Crippen molar-refractivity contribution in [2.75, 3.05) is 11.6 Å². The summed E-state index contributed by atoms with van der Waals surface area (Å²) in [6, 6.07) is 23.6. The van der Waals surface area contributed by atoms with Crippen LogP contribution < -0.4 is 10.1 Å². The van der Waals surface area contributed by atoms with Gasteiger partial charge in [0.25, 0.3) is 5.91 Å². The van der Waals surface area contributed by atoms with Crippen LogP contribution in [0.5, 0.6) is 5.75 Å². The minimum atomic E-state index is -0.675. The Bertz CT molecular complexity index is 955. The lowest BCUT2D eigenvalue weighted by Crippen LogP contribution is -2.30. The Hall–Kier alpha value is -3.05. The third-order valence-corrected chi connectivity index (χ3v) is 5.00. The molecule has 3 aromatic rings. The summed E-state index contributed by atoms with van der Waals surface area (Å²) in [6.07, 6.45) is 1.29. The van der Waals surface area contributed by atoms with Crippen molar-refractivity contribution in [2.45, 2.75) is 17.9 Å². The summed E-state index contributed by atoms with van der Waals surface area (Å²) in [5.41, 5.74) is 1.97. The van der Waals surface area contributed by atoms with Gasteiger partial charge in [-0.05, 0) is 49.6 Å². The number of para-hydroxylation sites is 1. The van der Waals surface area contributed by atoms with Crippen molar-refractivity contribution in [1.29, 1.82) is 0 Å². The maximum absolute atomic E-state index is 12.4. The van der Waals surface area contributed by atoms with Gasteiger partial charge in [-0.3, -0.25) is 9.59 Å². The van der Waals surface area contributed by atoms with Gasteiger partial charge in [-0.2, -0.15) is 0 Å². The zero-order valence-electron chi connectivity index (χ0n) is 15.7. The molecule has 0 saturated heterocycles. The summed E-state index contributed by atoms with van der Waals surface area (Å²) >= 11 is 1.57. The van der Waals surface area contributed by atoms with E-state index in [1.165, 1.54) is 0 Å². The molecule has 142 valence electrons. The van der Waals surface area contributed by atoms with Gasteiger partial charge in [0, 0.05) is 16.0 Å². The van der Waals surface area contributed by atoms with Gasteiger partial charge in [0.1, 0.15) is 5.75 Å². The molecule has 0 aliphatic rings. The van der Waals surface area contributed by atoms with Crippen LogP contribution in [0.4, 0.5) is 5.69 Å². The summed E-state index contributed by atoms with van der Waals surface area (Å²) < 4.78 is 5.73. The zero-order chi connectivity index (χ0) is 19.9. The predicted octanol–water partition coefficient (Wildman–Crippen LogP) is 5.05. The maximum atomic E-state index is 12.4. The Kier molecular flexibility index (Phi) is 6.50. The first-order valence-corrected chi connectivity index (χ1v) is 10.1. The van der Waals surface area contributed by atoms with Crippen LogP contribution in [0, 0.1) is 0 Å². The molecule has 0 aliphatic carbocycles. The van der Waals surface area contributed by atoms with Crippen molar-refractivity contribution >= 4 is 29.1 Å². The first-order chi connectivity index (χ1) is 13.6. The molecule has 3 rings (SSSR count). The van der Waals surface area contributed by atoms with E-state index in [9.17, 15) is 9.59 Å². The average molecular weight is 391 g/mol. The number of ketones is 1. The second-order valence-electron chi connectivity index (χ2n) is 6.17. The van der Waals surface area contributed by atoms with Crippen molar-refractivity contribution in [3.63, 3.8) is 0 Å². The fraction of sp³-hybridized carbons (Fsp3) is 0.130. The normalized spacial score (nSPS) is 11.5. The van der Waals surface area contributed by atoms with Gasteiger partial charge in [-0.25, -0.2) is 0 Å². The van der Waals surface area contributed by atoms with E-state index in [0.717, 1.165) is 10.6 Å². The molecule has 0 bridgehead atoms. The highest BCUT2D eigenvalue weighted by Gasteiger charge is 2.16. The number of carbonyl (C=O) groups is 2. The van der Waals surface area contributed by atoms with Crippen LogP contribution in [0.2, 0.25) is 0 Å². The largest absolute Gasteiger partial charge is 0.481 e. The van der Waals surface area contributed by atoms with Crippen LogP contribution in [0.25, 0.3) is 0 Å². The van der Waals surface area contributed by atoms with Crippen LogP contribution in [0.1, 0.15) is 22.8 Å². The van der Waals surface area contributed by atoms with E-state index in [0.29, 0.717) is 16.9 Å². The van der Waals surface area contributed by atoms with E-state index >= 15 is 0 Å². The smallest absolute Gasteiger partial charge is 0.265 e. The molecule has 0 radical (unpaired) electrons. The van der Waals surface area contributed by atoms with Crippen LogP contribution in [-0.2, 0) is 4.79 Å². The van der Waals surface area contributed by atoms with E-state index in [1.807, 2.05) is 48.7 Å². The summed E-state index contributed by atoms with van der Waals surface area (Å²) in [7, 11) is 0. The minimum Gasteiger partial charge on any atom is -0.481 e. The first kappa shape index (κ1) is 19.7. The molecule has 0 spiro atoms. The molecular weight excluding hydrogens is 370 g/mol. The fourth-order valence-electron chi connectivity index (χ4n) is 2.68. The van der Waals surface area contributed by atoms with Gasteiger partial charge < -0.3 is 10.1 Å². The Morgan fingerprint density at radius 1 is 0.857 bits per heavy atom. The van der Waals surface area contributed by atoms with E-state index in [2.05, 4.69) is 5.32 Å². The topological polar surface area (TPSA) is 55.4 Å². The van der Waals surface area contributed by atoms with Crippen molar-refractivity contribution in [3.8, 4) is 5.75 Å². The second kappa shape index (κ2) is 9.24. The number of benzene rings is 3. The highest BCUT2D eigenvalue weighted by atomic mass is 32.2. The molecule has 28 heavy (non-hydrogen) atoms. The highest BCUT2D eigenvalue weighted by molar-refractivity contribution is 7.98. The summed E-state index contributed by atoms with van der Waals surface area (Å²) in [5, 5.41) is 2.89. The molecule has 3 aromatic carbocycles. The third kappa shape index (κ3) is 4.81. The Balaban J connectivity index is 1.63. The van der Waals surface area contributed by atoms with E-state index < -0.39 is 6.10 Å². The van der Waals surface area contributed by atoms with Crippen LogP contribution in [0.15, 0.2) is 83.8 Å². The summed E-state index contributed by atoms with van der Waals surface area (Å²) in [5.74, 6) is 0.253. The fourth-order valence-corrected chi connectivity index (χ4v) is 3.23. The van der Waals surface area contributed by atoms with Crippen molar-refractivity contribution in [2.24, 2.45) is 0 Å². The molecule has 1 unspecified atom stereocenters. The lowest BCUT2D eigenvalue weighted by Gasteiger charge is -2.16. The van der Waals surface area contributed by atoms with Crippen LogP contribution in [-0.4, -0.2) is 24.1 Å². The second-order valence-corrected chi connectivity index (χ2v) is 7.02. The number of hydrogen-bond acceptors (Lipinski definition) is 4. The number of thioether (sulfide) groups is 1. The number of nitrogens with one attached hydrogen (secondary N) is 1. The average Bonchev–Trinajstić information content (AvgIpc) is 2.74. The maximum Gasteiger partial charge on any atom is 0.265 e. The van der Waals surface area contributed by atoms with E-state index in [4.69, 9.17) is 4.74 Å². The molecule has 0 fully saturated rings. The molecule has 1 atom stereocenters. The number of anilines is 1. The van der Waals surface area contributed by atoms with Crippen molar-refractivity contribution in [1.82, 2.24) is 0 Å². The minimum absolute atomic E-state index is 0.0494. The molecule has 0 aliphatic heterocycles. The lowest BCUT2D eigenvalue weighted by molar-refractivity contribution is -0.122. The molecule has 5 heteroatoms. The Morgan fingerprint density at radius 2 is 1.46 bits per heavy atom. The SMILES string of the molecule is CSc1ccccc1NC(=O)C(C)Oc1ccc(C(=O)c2ccccc2)cc1. The van der Waals surface area contributed by atoms with Crippen molar-refractivity contribution < 1.29 is 14.3 Å². The zero-order valence-corrected chi connectivity index (χ0v) is 16.5. The molecule has 0 aromatic heterocycles. The molecule has 0 heterocycles. The summed E-state index contributed by atoms with van der Waals surface area (Å²) in [6.45, 7) is 1.69. The molecule has 1 amide bonds. The van der Waals surface area contributed by atoms with Crippen LogP contribution in [0.3, 0.4) is 0 Å². The number of ether oxygens (including phenoxy) is 1. The van der Waals surface area contributed by atoms with Gasteiger partial charge in [-0.1, -0.05) is 42.5 Å². The van der Waals surface area contributed by atoms with Crippen LogP contribution >= 0.6 is 11.8 Å². The predicted molar refractivity (Wildman–Crippen MR) is 113 cm³/mol. The quantitative estimate of drug-likeness (QED) is 0.453. The Morgan fingerprint density at radius 3 is 2.14 bits per heavy atom. The summed E-state index contributed by atoms with van der Waals surface area (Å²) in [4.78, 5) is 25.9. The van der Waals surface area contributed by atoms with Crippen molar-refractivity contribution in [3.05, 3.63) is 90.0 Å². The number of rotatable bonds is 7. The number of carbonyl (C=O) groups excluding carboxylic acids is 2. The molecular formula is C23H21NO3S. The highest BCUT2D eigenvalue weighted by Crippen LogP contribution is 2.25. The third-order valence-electron chi connectivity index (χ3n) is 4.20. The van der Waals surface area contributed by atoms with Gasteiger partial charge in [0.05, 0.1) is 5.69 Å². The van der Waals surface area contributed by atoms with Gasteiger partial charge >= 0.3 is 0 Å². The number of amides is 1. The first-order valence-electron chi connectivity index (χ1n) is 8.89. The van der Waals surface area contributed by atoms with Gasteiger partial charge in [0.15, 0.2) is 11.9 Å². The molecule has 4 nitrogen and oxygen atoms in total. The monoisotopic (exact) mass is 391 g/mol. The molecule has 0 saturated carbocycles. The number of hydrogen-bond donors (Lipinski definition) is 1. The van der Waals surface area contributed by atoms with E-state index in [1.54, 1.807) is 55.1 Å².